The number of nitrogens with zero attached hydrogens (tertiary/aromatic N) is 3. The minimum atomic E-state index is -0.137. The van der Waals surface area contributed by atoms with E-state index < -0.39 is 0 Å². The van der Waals surface area contributed by atoms with Crippen molar-refractivity contribution >= 4 is 32.6 Å². The fourth-order valence-electron chi connectivity index (χ4n) is 7.37. The van der Waals surface area contributed by atoms with Crippen LogP contribution in [-0.4, -0.2) is 55.2 Å². The Bertz CT molecular complexity index is 951. The molecule has 0 atom stereocenters. The summed E-state index contributed by atoms with van der Waals surface area (Å²) in [6, 6.07) is 4.33. The monoisotopic (exact) mass is 453 g/mol. The molecule has 1 aromatic carbocycles. The summed E-state index contributed by atoms with van der Waals surface area (Å²) in [4.78, 5) is 24.0. The maximum Gasteiger partial charge on any atom is 0.235 e. The predicted octanol–water partition coefficient (Wildman–Crippen LogP) is 4.79. The van der Waals surface area contributed by atoms with Crippen molar-refractivity contribution in [2.45, 2.75) is 52.4 Å². The summed E-state index contributed by atoms with van der Waals surface area (Å²) in [6.45, 7) is 9.42. The Morgan fingerprint density at radius 3 is 2.34 bits per heavy atom. The second kappa shape index (κ2) is 8.07. The van der Waals surface area contributed by atoms with Crippen LogP contribution in [-0.2, 0) is 9.53 Å². The number of amides is 1. The molecule has 32 heavy (non-hydrogen) atoms. The van der Waals surface area contributed by atoms with E-state index in [-0.39, 0.29) is 5.41 Å². The number of carbonyl (C=O) groups is 1. The Morgan fingerprint density at radius 1 is 1.09 bits per heavy atom. The Kier molecular flexibility index (Phi) is 5.31. The van der Waals surface area contributed by atoms with Crippen LogP contribution in [0.15, 0.2) is 12.1 Å². The fourth-order valence-corrected chi connectivity index (χ4v) is 8.51. The van der Waals surface area contributed by atoms with Crippen LogP contribution in [0.5, 0.6) is 0 Å². The molecule has 5 fully saturated rings. The summed E-state index contributed by atoms with van der Waals surface area (Å²) in [5, 5.41) is 0.909. The van der Waals surface area contributed by atoms with Crippen molar-refractivity contribution in [2.24, 2.45) is 23.2 Å². The average molecular weight is 454 g/mol. The molecule has 2 heterocycles. The maximum atomic E-state index is 14.4. The van der Waals surface area contributed by atoms with Crippen molar-refractivity contribution in [1.82, 2.24) is 9.88 Å². The van der Waals surface area contributed by atoms with Gasteiger partial charge >= 0.3 is 0 Å². The van der Waals surface area contributed by atoms with Crippen LogP contribution in [0.1, 0.15) is 49.7 Å². The lowest BCUT2D eigenvalue weighted by Crippen LogP contribution is -2.56. The summed E-state index contributed by atoms with van der Waals surface area (Å²) >= 11 is 1.72. The Balaban J connectivity index is 1.34. The third-order valence-corrected chi connectivity index (χ3v) is 9.86. The zero-order valence-electron chi connectivity index (χ0n) is 19.4. The lowest BCUT2D eigenvalue weighted by Gasteiger charge is -2.56. The molecule has 6 heteroatoms. The molecule has 5 nitrogen and oxygen atoms in total. The van der Waals surface area contributed by atoms with Gasteiger partial charge in [0.15, 0.2) is 5.13 Å². The van der Waals surface area contributed by atoms with Gasteiger partial charge in [-0.05, 0) is 81.3 Å². The van der Waals surface area contributed by atoms with E-state index in [2.05, 4.69) is 35.8 Å². The molecule has 5 aliphatic rings. The van der Waals surface area contributed by atoms with Crippen molar-refractivity contribution < 1.29 is 9.53 Å². The zero-order valence-corrected chi connectivity index (χ0v) is 20.3. The highest BCUT2D eigenvalue weighted by molar-refractivity contribution is 7.22. The molecule has 0 radical (unpaired) electrons. The summed E-state index contributed by atoms with van der Waals surface area (Å²) in [5.74, 6) is 2.68. The molecule has 1 amide bonds. The van der Waals surface area contributed by atoms with Crippen LogP contribution in [0.25, 0.3) is 10.2 Å². The van der Waals surface area contributed by atoms with Gasteiger partial charge < -0.3 is 4.74 Å². The smallest absolute Gasteiger partial charge is 0.235 e. The summed E-state index contributed by atoms with van der Waals surface area (Å²) in [6.07, 6.45) is 7.40. The van der Waals surface area contributed by atoms with E-state index in [4.69, 9.17) is 9.72 Å². The number of aromatic nitrogens is 1. The number of aryl methyl sites for hydroxylation is 2. The number of anilines is 1. The molecule has 7 rings (SSSR count). The number of ether oxygens (including phenoxy) is 1. The number of fused-ring (bicyclic) bond motifs is 1. The first-order valence-corrected chi connectivity index (χ1v) is 13.3. The van der Waals surface area contributed by atoms with E-state index in [0.29, 0.717) is 5.91 Å². The number of benzene rings is 1. The first-order chi connectivity index (χ1) is 15.5. The van der Waals surface area contributed by atoms with E-state index in [1.54, 1.807) is 11.3 Å². The average Bonchev–Trinajstić information content (AvgIpc) is 3.23. The molecular formula is C26H35N3O2S. The molecule has 1 aliphatic heterocycles. The normalized spacial score (nSPS) is 32.0. The largest absolute Gasteiger partial charge is 0.379 e. The van der Waals surface area contributed by atoms with Gasteiger partial charge in [0.1, 0.15) is 0 Å². The fraction of sp³-hybridized carbons (Fsp3) is 0.692. The van der Waals surface area contributed by atoms with Gasteiger partial charge in [-0.3, -0.25) is 14.6 Å². The molecule has 0 spiro atoms. The van der Waals surface area contributed by atoms with Gasteiger partial charge in [-0.15, -0.1) is 0 Å². The highest BCUT2D eigenvalue weighted by Crippen LogP contribution is 2.60. The Hall–Kier alpha value is -1.50. The zero-order chi connectivity index (χ0) is 21.9. The molecule has 4 bridgehead atoms. The van der Waals surface area contributed by atoms with Crippen LogP contribution < -0.4 is 4.90 Å². The maximum absolute atomic E-state index is 14.4. The van der Waals surface area contributed by atoms with Gasteiger partial charge in [-0.1, -0.05) is 23.5 Å². The molecule has 1 aromatic heterocycles. The second-order valence-corrected chi connectivity index (χ2v) is 12.0. The summed E-state index contributed by atoms with van der Waals surface area (Å²) < 4.78 is 6.77. The van der Waals surface area contributed by atoms with Crippen LogP contribution in [0.2, 0.25) is 0 Å². The minimum absolute atomic E-state index is 0.137. The number of thiazole rings is 1. The van der Waals surface area contributed by atoms with Gasteiger partial charge in [0.2, 0.25) is 5.91 Å². The van der Waals surface area contributed by atoms with E-state index >= 15 is 0 Å². The topological polar surface area (TPSA) is 45.7 Å². The molecule has 0 N–H and O–H groups in total. The van der Waals surface area contributed by atoms with Gasteiger partial charge in [-0.25, -0.2) is 4.98 Å². The molecule has 0 unspecified atom stereocenters. The van der Waals surface area contributed by atoms with Crippen molar-refractivity contribution in [2.75, 3.05) is 44.3 Å². The standard InChI is InChI=1S/C26H35N3O2S/c1-17-3-4-18(2)23-22(17)27-25(32-23)29(6-5-28-7-9-31-10-8-28)24(30)26-14-19-11-20(15-26)13-21(12-19)16-26/h3-4,19-21H,5-16H2,1-2H3. The van der Waals surface area contributed by atoms with Crippen LogP contribution in [0.4, 0.5) is 5.13 Å². The molecule has 4 saturated carbocycles. The van der Waals surface area contributed by atoms with Crippen molar-refractivity contribution in [3.8, 4) is 0 Å². The molecule has 1 saturated heterocycles. The van der Waals surface area contributed by atoms with Gasteiger partial charge in [0.05, 0.1) is 28.8 Å². The number of morpholine rings is 1. The number of rotatable bonds is 5. The van der Waals surface area contributed by atoms with Crippen molar-refractivity contribution in [3.63, 3.8) is 0 Å². The van der Waals surface area contributed by atoms with Crippen LogP contribution in [0.3, 0.4) is 0 Å². The van der Waals surface area contributed by atoms with E-state index in [0.717, 1.165) is 87.1 Å². The Morgan fingerprint density at radius 2 is 1.72 bits per heavy atom. The lowest BCUT2D eigenvalue weighted by molar-refractivity contribution is -0.143. The Labute approximate surface area is 195 Å². The highest BCUT2D eigenvalue weighted by atomic mass is 32.1. The van der Waals surface area contributed by atoms with Crippen LogP contribution >= 0.6 is 11.3 Å². The second-order valence-electron chi connectivity index (χ2n) is 11.0. The molecule has 2 aromatic rings. The first-order valence-electron chi connectivity index (χ1n) is 12.5. The molecule has 172 valence electrons. The van der Waals surface area contributed by atoms with Gasteiger partial charge in [0.25, 0.3) is 0 Å². The lowest BCUT2D eigenvalue weighted by atomic mass is 9.49. The minimum Gasteiger partial charge on any atom is -0.379 e. The number of hydrogen-bond donors (Lipinski definition) is 0. The number of carbonyl (C=O) groups excluding carboxylic acids is 1. The van der Waals surface area contributed by atoms with E-state index in [1.807, 2.05) is 0 Å². The van der Waals surface area contributed by atoms with Crippen molar-refractivity contribution in [1.29, 1.82) is 0 Å². The summed E-state index contributed by atoms with van der Waals surface area (Å²) in [7, 11) is 0. The predicted molar refractivity (Wildman–Crippen MR) is 129 cm³/mol. The van der Waals surface area contributed by atoms with E-state index in [1.165, 1.54) is 35.1 Å². The summed E-state index contributed by atoms with van der Waals surface area (Å²) in [5.41, 5.74) is 3.38. The molecule has 4 aliphatic carbocycles. The third kappa shape index (κ3) is 3.59. The molecular weight excluding hydrogens is 418 g/mol. The van der Waals surface area contributed by atoms with Gasteiger partial charge in [-0.2, -0.15) is 0 Å². The SMILES string of the molecule is Cc1ccc(C)c2sc(N(CCN3CCOCC3)C(=O)C34CC5CC(CC(C5)C3)C4)nc12. The van der Waals surface area contributed by atoms with Crippen molar-refractivity contribution in [3.05, 3.63) is 23.3 Å². The quantitative estimate of drug-likeness (QED) is 0.653. The van der Waals surface area contributed by atoms with E-state index in [9.17, 15) is 4.79 Å². The highest BCUT2D eigenvalue weighted by Gasteiger charge is 2.56. The third-order valence-electron chi connectivity index (χ3n) is 8.64. The number of hydrogen-bond acceptors (Lipinski definition) is 5. The van der Waals surface area contributed by atoms with Gasteiger partial charge in [0, 0.05) is 26.2 Å². The first kappa shape index (κ1) is 21.1. The van der Waals surface area contributed by atoms with Crippen LogP contribution in [0, 0.1) is 37.0 Å².